The maximum Gasteiger partial charge on any atom is 0.417 e. The van der Waals surface area contributed by atoms with Crippen LogP contribution < -0.4 is 5.73 Å². The minimum absolute atomic E-state index is 0.0947. The third-order valence-corrected chi connectivity index (χ3v) is 4.38. The molecule has 0 fully saturated rings. The molecule has 1 nitrogen and oxygen atoms in total. The molecule has 0 aliphatic rings. The zero-order valence-corrected chi connectivity index (χ0v) is 12.6. The minimum atomic E-state index is -4.38. The predicted octanol–water partition coefficient (Wildman–Crippen LogP) is 4.93. The van der Waals surface area contributed by atoms with Gasteiger partial charge in [0.2, 0.25) is 0 Å². The van der Waals surface area contributed by atoms with Gasteiger partial charge < -0.3 is 5.73 Å². The molecule has 2 N–H and O–H groups in total. The fraction of sp³-hybridized carbons (Fsp3) is 0.250. The second-order valence-electron chi connectivity index (χ2n) is 4.90. The lowest BCUT2D eigenvalue weighted by molar-refractivity contribution is -0.139. The van der Waals surface area contributed by atoms with Gasteiger partial charge in [0.25, 0.3) is 0 Å². The highest BCUT2D eigenvalue weighted by molar-refractivity contribution is 7.99. The van der Waals surface area contributed by atoms with E-state index in [2.05, 4.69) is 0 Å². The molecule has 2 rings (SSSR count). The third-order valence-electron chi connectivity index (χ3n) is 3.15. The molecule has 0 bridgehead atoms. The molecule has 0 aliphatic heterocycles. The topological polar surface area (TPSA) is 26.0 Å². The average Bonchev–Trinajstić information content (AvgIpc) is 2.42. The number of aryl methyl sites for hydroxylation is 2. The van der Waals surface area contributed by atoms with Crippen LogP contribution in [0.5, 0.6) is 0 Å². The summed E-state index contributed by atoms with van der Waals surface area (Å²) in [5.74, 6) is 0. The highest BCUT2D eigenvalue weighted by Gasteiger charge is 2.34. The summed E-state index contributed by atoms with van der Waals surface area (Å²) in [7, 11) is 0. The van der Waals surface area contributed by atoms with Crippen LogP contribution in [0, 0.1) is 13.8 Å². The Morgan fingerprint density at radius 3 is 2.33 bits per heavy atom. The largest absolute Gasteiger partial charge is 0.417 e. The van der Waals surface area contributed by atoms with Crippen LogP contribution in [-0.4, -0.2) is 0 Å². The average molecular weight is 311 g/mol. The SMILES string of the molecule is Cc1ccc(C)c(Sc2ccc(CN)cc2C(F)(F)F)c1. The van der Waals surface area contributed by atoms with E-state index in [4.69, 9.17) is 5.73 Å². The molecule has 0 heterocycles. The van der Waals surface area contributed by atoms with Gasteiger partial charge >= 0.3 is 6.18 Å². The van der Waals surface area contributed by atoms with Crippen molar-refractivity contribution in [2.45, 2.75) is 36.4 Å². The van der Waals surface area contributed by atoms with Gasteiger partial charge in [-0.15, -0.1) is 0 Å². The lowest BCUT2D eigenvalue weighted by Crippen LogP contribution is -2.09. The molecular formula is C16H16F3NS. The van der Waals surface area contributed by atoms with E-state index in [1.807, 2.05) is 32.0 Å². The molecule has 0 amide bonds. The zero-order chi connectivity index (χ0) is 15.6. The molecule has 0 aromatic heterocycles. The Kier molecular flexibility index (Phi) is 4.64. The van der Waals surface area contributed by atoms with E-state index in [1.54, 1.807) is 6.07 Å². The van der Waals surface area contributed by atoms with E-state index in [0.29, 0.717) is 5.56 Å². The Morgan fingerprint density at radius 2 is 1.71 bits per heavy atom. The summed E-state index contributed by atoms with van der Waals surface area (Å²) in [5.41, 5.74) is 7.27. The second kappa shape index (κ2) is 6.12. The van der Waals surface area contributed by atoms with Crippen molar-refractivity contribution >= 4 is 11.8 Å². The van der Waals surface area contributed by atoms with Crippen molar-refractivity contribution in [2.24, 2.45) is 5.73 Å². The molecule has 0 unspecified atom stereocenters. The van der Waals surface area contributed by atoms with Crippen molar-refractivity contribution in [2.75, 3.05) is 0 Å². The fourth-order valence-electron chi connectivity index (χ4n) is 1.95. The summed E-state index contributed by atoms with van der Waals surface area (Å²) in [6.45, 7) is 3.91. The Hall–Kier alpha value is -1.46. The molecule has 2 aromatic carbocycles. The smallest absolute Gasteiger partial charge is 0.326 e. The van der Waals surface area contributed by atoms with Crippen LogP contribution in [-0.2, 0) is 12.7 Å². The first-order chi connectivity index (χ1) is 9.81. The normalized spacial score (nSPS) is 11.7. The zero-order valence-electron chi connectivity index (χ0n) is 11.8. The molecule has 0 atom stereocenters. The van der Waals surface area contributed by atoms with Gasteiger partial charge in [-0.3, -0.25) is 0 Å². The summed E-state index contributed by atoms with van der Waals surface area (Å²) in [6, 6.07) is 10.0. The number of alkyl halides is 3. The lowest BCUT2D eigenvalue weighted by atomic mass is 10.1. The number of halogens is 3. The molecule has 2 aromatic rings. The van der Waals surface area contributed by atoms with Crippen LogP contribution in [0.3, 0.4) is 0 Å². The van der Waals surface area contributed by atoms with E-state index >= 15 is 0 Å². The van der Waals surface area contributed by atoms with Crippen molar-refractivity contribution in [3.05, 3.63) is 58.7 Å². The van der Waals surface area contributed by atoms with Gasteiger partial charge in [-0.25, -0.2) is 0 Å². The van der Waals surface area contributed by atoms with Crippen molar-refractivity contribution in [1.82, 2.24) is 0 Å². The van der Waals surface area contributed by atoms with Gasteiger partial charge in [-0.1, -0.05) is 30.0 Å². The van der Waals surface area contributed by atoms with E-state index < -0.39 is 11.7 Å². The first kappa shape index (κ1) is 15.9. The Balaban J connectivity index is 2.46. The van der Waals surface area contributed by atoms with Crippen LogP contribution in [0.25, 0.3) is 0 Å². The molecule has 21 heavy (non-hydrogen) atoms. The highest BCUT2D eigenvalue weighted by Crippen LogP contribution is 2.41. The maximum absolute atomic E-state index is 13.2. The van der Waals surface area contributed by atoms with Crippen molar-refractivity contribution in [3.8, 4) is 0 Å². The van der Waals surface area contributed by atoms with Gasteiger partial charge in [0.1, 0.15) is 0 Å². The van der Waals surface area contributed by atoms with E-state index in [0.717, 1.165) is 33.9 Å². The fourth-order valence-corrected chi connectivity index (χ4v) is 3.08. The first-order valence-electron chi connectivity index (χ1n) is 6.46. The van der Waals surface area contributed by atoms with Gasteiger partial charge in [-0.05, 0) is 48.7 Å². The monoisotopic (exact) mass is 311 g/mol. The second-order valence-corrected chi connectivity index (χ2v) is 5.99. The van der Waals surface area contributed by atoms with Crippen LogP contribution in [0.4, 0.5) is 13.2 Å². The minimum Gasteiger partial charge on any atom is -0.326 e. The van der Waals surface area contributed by atoms with Crippen molar-refractivity contribution in [3.63, 3.8) is 0 Å². The van der Waals surface area contributed by atoms with Gasteiger partial charge in [0.05, 0.1) is 5.56 Å². The molecule has 0 saturated heterocycles. The van der Waals surface area contributed by atoms with Gasteiger partial charge in [0.15, 0.2) is 0 Å². The van der Waals surface area contributed by atoms with E-state index in [1.165, 1.54) is 6.07 Å². The Bertz CT molecular complexity index is 650. The van der Waals surface area contributed by atoms with E-state index in [9.17, 15) is 13.2 Å². The molecule has 0 spiro atoms. The van der Waals surface area contributed by atoms with Gasteiger partial charge in [0, 0.05) is 16.3 Å². The van der Waals surface area contributed by atoms with Crippen LogP contribution >= 0.6 is 11.8 Å². The number of hydrogen-bond acceptors (Lipinski definition) is 2. The molecular weight excluding hydrogens is 295 g/mol. The maximum atomic E-state index is 13.2. The molecule has 0 aliphatic carbocycles. The third kappa shape index (κ3) is 3.80. The molecule has 112 valence electrons. The number of nitrogens with two attached hydrogens (primary N) is 1. The Morgan fingerprint density at radius 1 is 1.00 bits per heavy atom. The molecule has 0 radical (unpaired) electrons. The first-order valence-corrected chi connectivity index (χ1v) is 7.28. The molecule has 5 heteroatoms. The van der Waals surface area contributed by atoms with E-state index in [-0.39, 0.29) is 11.4 Å². The van der Waals surface area contributed by atoms with Crippen LogP contribution in [0.2, 0.25) is 0 Å². The predicted molar refractivity (Wildman–Crippen MR) is 79.4 cm³/mol. The summed E-state index contributed by atoms with van der Waals surface area (Å²) < 4.78 is 39.6. The van der Waals surface area contributed by atoms with Gasteiger partial charge in [-0.2, -0.15) is 13.2 Å². The summed E-state index contributed by atoms with van der Waals surface area (Å²) >= 11 is 1.14. The molecule has 0 saturated carbocycles. The summed E-state index contributed by atoms with van der Waals surface area (Å²) in [5, 5.41) is 0. The van der Waals surface area contributed by atoms with Crippen molar-refractivity contribution in [1.29, 1.82) is 0 Å². The highest BCUT2D eigenvalue weighted by atomic mass is 32.2. The van der Waals surface area contributed by atoms with Crippen LogP contribution in [0.1, 0.15) is 22.3 Å². The Labute approximate surface area is 126 Å². The standard InChI is InChI=1S/C16H16F3NS/c1-10-3-4-11(2)15(7-10)21-14-6-5-12(9-20)8-13(14)16(17,18)19/h3-8H,9,20H2,1-2H3. The van der Waals surface area contributed by atoms with Crippen LogP contribution in [0.15, 0.2) is 46.2 Å². The number of hydrogen-bond donors (Lipinski definition) is 1. The number of rotatable bonds is 3. The number of benzene rings is 2. The summed E-state index contributed by atoms with van der Waals surface area (Å²) in [4.78, 5) is 1.04. The quantitative estimate of drug-likeness (QED) is 0.869. The lowest BCUT2D eigenvalue weighted by Gasteiger charge is -2.15. The van der Waals surface area contributed by atoms with Crippen molar-refractivity contribution < 1.29 is 13.2 Å². The summed E-state index contributed by atoms with van der Waals surface area (Å²) in [6.07, 6.45) is -4.38.